The summed E-state index contributed by atoms with van der Waals surface area (Å²) in [5.74, 6) is -1.23. The van der Waals surface area contributed by atoms with E-state index in [0.29, 0.717) is 13.1 Å². The summed E-state index contributed by atoms with van der Waals surface area (Å²) in [6.07, 6.45) is 0. The van der Waals surface area contributed by atoms with Crippen LogP contribution in [0, 0.1) is 5.82 Å². The third kappa shape index (κ3) is 3.98. The van der Waals surface area contributed by atoms with Gasteiger partial charge in [-0.15, -0.1) is 0 Å². The molecule has 0 aliphatic heterocycles. The average Bonchev–Trinajstić information content (AvgIpc) is 2.56. The van der Waals surface area contributed by atoms with Crippen LogP contribution in [-0.2, 0) is 10.0 Å². The van der Waals surface area contributed by atoms with Crippen LogP contribution < -0.4 is 4.74 Å². The van der Waals surface area contributed by atoms with Crippen molar-refractivity contribution < 1.29 is 22.3 Å². The maximum Gasteiger partial charge on any atom is 0.343 e. The van der Waals surface area contributed by atoms with E-state index in [1.165, 1.54) is 46.8 Å². The molecule has 0 aliphatic carbocycles. The van der Waals surface area contributed by atoms with E-state index in [1.807, 2.05) is 0 Å². The lowest BCUT2D eigenvalue weighted by Gasteiger charge is -2.18. The molecule has 24 heavy (non-hydrogen) atoms. The Morgan fingerprint density at radius 1 is 1.08 bits per heavy atom. The van der Waals surface area contributed by atoms with Crippen LogP contribution in [0.15, 0.2) is 53.4 Å². The maximum absolute atomic E-state index is 13.1. The van der Waals surface area contributed by atoms with E-state index in [0.717, 1.165) is 6.07 Å². The number of hydrogen-bond acceptors (Lipinski definition) is 4. The second kappa shape index (κ2) is 7.55. The van der Waals surface area contributed by atoms with Crippen molar-refractivity contribution in [1.82, 2.24) is 4.31 Å². The molecule has 0 spiro atoms. The number of sulfonamides is 1. The van der Waals surface area contributed by atoms with Crippen molar-refractivity contribution >= 4 is 16.0 Å². The van der Waals surface area contributed by atoms with E-state index in [9.17, 15) is 17.6 Å². The molecule has 0 aliphatic rings. The van der Waals surface area contributed by atoms with E-state index >= 15 is 0 Å². The predicted molar refractivity (Wildman–Crippen MR) is 87.9 cm³/mol. The number of rotatable bonds is 6. The van der Waals surface area contributed by atoms with E-state index in [4.69, 9.17) is 4.74 Å². The Balaban J connectivity index is 2.28. The highest BCUT2D eigenvalue weighted by atomic mass is 32.2. The van der Waals surface area contributed by atoms with Crippen LogP contribution in [0.1, 0.15) is 24.2 Å². The van der Waals surface area contributed by atoms with Crippen LogP contribution in [0.3, 0.4) is 0 Å². The van der Waals surface area contributed by atoms with Gasteiger partial charge in [0, 0.05) is 19.2 Å². The highest BCUT2D eigenvalue weighted by molar-refractivity contribution is 7.89. The van der Waals surface area contributed by atoms with Crippen molar-refractivity contribution in [2.45, 2.75) is 18.7 Å². The minimum Gasteiger partial charge on any atom is -0.423 e. The van der Waals surface area contributed by atoms with Crippen LogP contribution >= 0.6 is 0 Å². The zero-order valence-corrected chi connectivity index (χ0v) is 14.2. The first kappa shape index (κ1) is 18.1. The van der Waals surface area contributed by atoms with Gasteiger partial charge in [-0.2, -0.15) is 4.31 Å². The third-order valence-electron chi connectivity index (χ3n) is 3.42. The Hall–Kier alpha value is -2.25. The number of carbonyl (C=O) groups excluding carboxylic acids is 1. The number of hydrogen-bond donors (Lipinski definition) is 0. The molecule has 5 nitrogen and oxygen atoms in total. The molecule has 0 aromatic heterocycles. The highest BCUT2D eigenvalue weighted by Gasteiger charge is 2.22. The van der Waals surface area contributed by atoms with Crippen LogP contribution in [0.25, 0.3) is 0 Å². The number of benzene rings is 2. The number of carbonyl (C=O) groups is 1. The minimum atomic E-state index is -3.67. The fourth-order valence-electron chi connectivity index (χ4n) is 2.19. The zero-order valence-electron chi connectivity index (χ0n) is 13.4. The van der Waals surface area contributed by atoms with Gasteiger partial charge in [-0.3, -0.25) is 0 Å². The molecule has 0 fully saturated rings. The zero-order chi connectivity index (χ0) is 17.7. The van der Waals surface area contributed by atoms with Gasteiger partial charge in [-0.05, 0) is 30.3 Å². The van der Waals surface area contributed by atoms with E-state index in [1.54, 1.807) is 13.8 Å². The van der Waals surface area contributed by atoms with Crippen LogP contribution in [0.5, 0.6) is 5.75 Å². The molecule has 2 aromatic carbocycles. The summed E-state index contributed by atoms with van der Waals surface area (Å²) in [5, 5.41) is 0. The van der Waals surface area contributed by atoms with Gasteiger partial charge in [0.05, 0.1) is 10.5 Å². The fraction of sp³-hybridized carbons (Fsp3) is 0.235. The summed E-state index contributed by atoms with van der Waals surface area (Å²) < 4.78 is 44.5. The fourth-order valence-corrected chi connectivity index (χ4v) is 3.70. The standard InChI is InChI=1S/C17H18FNO4S/c1-3-19(4-2)24(21,22)16-10-5-7-13(11-16)17(20)23-15-9-6-8-14(18)12-15/h5-12H,3-4H2,1-2H3. The smallest absolute Gasteiger partial charge is 0.343 e. The molecule has 0 bridgehead atoms. The molecule has 0 amide bonds. The van der Waals surface area contributed by atoms with Gasteiger partial charge < -0.3 is 4.74 Å². The molecule has 0 radical (unpaired) electrons. The number of nitrogens with zero attached hydrogens (tertiary/aromatic N) is 1. The summed E-state index contributed by atoms with van der Waals surface area (Å²) >= 11 is 0. The molecule has 0 atom stereocenters. The van der Waals surface area contributed by atoms with Crippen molar-refractivity contribution in [1.29, 1.82) is 0 Å². The Morgan fingerprint density at radius 2 is 1.75 bits per heavy atom. The minimum absolute atomic E-state index is 0.0138. The second-order valence-electron chi connectivity index (χ2n) is 4.96. The Labute approximate surface area is 140 Å². The molecule has 128 valence electrons. The summed E-state index contributed by atoms with van der Waals surface area (Å²) in [6.45, 7) is 4.14. The second-order valence-corrected chi connectivity index (χ2v) is 6.90. The van der Waals surface area contributed by atoms with Crippen molar-refractivity contribution in [2.24, 2.45) is 0 Å². The SMILES string of the molecule is CCN(CC)S(=O)(=O)c1cccc(C(=O)Oc2cccc(F)c2)c1. The van der Waals surface area contributed by atoms with Gasteiger partial charge in [0.15, 0.2) is 0 Å². The predicted octanol–water partition coefficient (Wildman–Crippen LogP) is 3.08. The first-order valence-electron chi connectivity index (χ1n) is 7.46. The van der Waals surface area contributed by atoms with Crippen molar-refractivity contribution in [3.05, 3.63) is 59.9 Å². The maximum atomic E-state index is 13.1. The Bertz CT molecular complexity index is 832. The lowest BCUT2D eigenvalue weighted by atomic mass is 10.2. The molecular weight excluding hydrogens is 333 g/mol. The lowest BCUT2D eigenvalue weighted by molar-refractivity contribution is 0.0734. The largest absolute Gasteiger partial charge is 0.423 e. The van der Waals surface area contributed by atoms with E-state index in [2.05, 4.69) is 0 Å². The summed E-state index contributed by atoms with van der Waals surface area (Å²) in [6, 6.07) is 10.8. The first-order chi connectivity index (χ1) is 11.4. The molecule has 2 rings (SSSR count). The van der Waals surface area contributed by atoms with Crippen LogP contribution in [0.2, 0.25) is 0 Å². The third-order valence-corrected chi connectivity index (χ3v) is 5.47. The van der Waals surface area contributed by atoms with Gasteiger partial charge in [-0.1, -0.05) is 26.0 Å². The quantitative estimate of drug-likeness (QED) is 0.593. The van der Waals surface area contributed by atoms with Gasteiger partial charge in [-0.25, -0.2) is 17.6 Å². The highest BCUT2D eigenvalue weighted by Crippen LogP contribution is 2.19. The first-order valence-corrected chi connectivity index (χ1v) is 8.90. The molecule has 0 saturated heterocycles. The normalized spacial score (nSPS) is 11.5. The Kier molecular flexibility index (Phi) is 5.69. The van der Waals surface area contributed by atoms with Crippen LogP contribution in [0.4, 0.5) is 4.39 Å². The number of esters is 1. The lowest BCUT2D eigenvalue weighted by Crippen LogP contribution is -2.30. The average molecular weight is 351 g/mol. The Morgan fingerprint density at radius 3 is 2.38 bits per heavy atom. The van der Waals surface area contributed by atoms with Crippen molar-refractivity contribution in [3.8, 4) is 5.75 Å². The summed E-state index contributed by atoms with van der Waals surface area (Å²) in [7, 11) is -3.67. The summed E-state index contributed by atoms with van der Waals surface area (Å²) in [4.78, 5) is 12.2. The van der Waals surface area contributed by atoms with Gasteiger partial charge in [0.25, 0.3) is 0 Å². The molecule has 0 unspecified atom stereocenters. The monoisotopic (exact) mass is 351 g/mol. The van der Waals surface area contributed by atoms with Crippen molar-refractivity contribution in [3.63, 3.8) is 0 Å². The van der Waals surface area contributed by atoms with E-state index in [-0.39, 0.29) is 16.2 Å². The molecule has 2 aromatic rings. The number of halogens is 1. The van der Waals surface area contributed by atoms with Gasteiger partial charge in [0.2, 0.25) is 10.0 Å². The molecular formula is C17H18FNO4S. The summed E-state index contributed by atoms with van der Waals surface area (Å²) in [5.41, 5.74) is 0.0764. The molecule has 0 heterocycles. The van der Waals surface area contributed by atoms with Crippen molar-refractivity contribution in [2.75, 3.05) is 13.1 Å². The topological polar surface area (TPSA) is 63.7 Å². The molecule has 0 saturated carbocycles. The molecule has 0 N–H and O–H groups in total. The molecule has 7 heteroatoms. The van der Waals surface area contributed by atoms with Gasteiger partial charge >= 0.3 is 5.97 Å². The van der Waals surface area contributed by atoms with E-state index < -0.39 is 21.8 Å². The van der Waals surface area contributed by atoms with Gasteiger partial charge in [0.1, 0.15) is 11.6 Å². The van der Waals surface area contributed by atoms with Crippen LogP contribution in [-0.4, -0.2) is 31.8 Å². The number of ether oxygens (including phenoxy) is 1.